The molecule has 1 aromatic rings. The summed E-state index contributed by atoms with van der Waals surface area (Å²) in [5.74, 6) is -0.110. The van der Waals surface area contributed by atoms with E-state index in [0.717, 1.165) is 30.6 Å². The van der Waals surface area contributed by atoms with Gasteiger partial charge in [-0.1, -0.05) is 11.6 Å². The van der Waals surface area contributed by atoms with Gasteiger partial charge in [-0.25, -0.2) is 0 Å². The number of halogens is 1. The highest BCUT2D eigenvalue weighted by Gasteiger charge is 2.43. The van der Waals surface area contributed by atoms with Crippen LogP contribution in [0.4, 0.5) is 0 Å². The van der Waals surface area contributed by atoms with E-state index in [1.54, 1.807) is 11.8 Å². The number of aryl methyl sites for hydroxylation is 2. The Morgan fingerprint density at radius 1 is 1.46 bits per heavy atom. The number of nitrogens with zero attached hydrogens (tertiary/aromatic N) is 3. The SMILES string of the molecule is CCOC(=O)C1(CCOC)CCCN(Cc2c(C)nn(C)c2Cl)C1. The van der Waals surface area contributed by atoms with E-state index in [9.17, 15) is 4.79 Å². The van der Waals surface area contributed by atoms with Gasteiger partial charge in [0.05, 0.1) is 17.7 Å². The van der Waals surface area contributed by atoms with Crippen LogP contribution in [0.2, 0.25) is 5.15 Å². The Hall–Kier alpha value is -1.11. The van der Waals surface area contributed by atoms with E-state index in [1.165, 1.54) is 0 Å². The highest BCUT2D eigenvalue weighted by Crippen LogP contribution is 2.36. The Bertz CT molecular complexity index is 576. The molecule has 2 rings (SSSR count). The van der Waals surface area contributed by atoms with Crippen LogP contribution in [-0.2, 0) is 27.9 Å². The molecular weight excluding hydrogens is 330 g/mol. The van der Waals surface area contributed by atoms with Gasteiger partial charge in [-0.05, 0) is 39.7 Å². The second-order valence-electron chi connectivity index (χ2n) is 6.54. The van der Waals surface area contributed by atoms with Crippen molar-refractivity contribution in [1.82, 2.24) is 14.7 Å². The van der Waals surface area contributed by atoms with Crippen LogP contribution < -0.4 is 0 Å². The number of carbonyl (C=O) groups is 1. The van der Waals surface area contributed by atoms with Crippen molar-refractivity contribution in [2.75, 3.05) is 33.4 Å². The smallest absolute Gasteiger partial charge is 0.313 e. The Morgan fingerprint density at radius 3 is 2.79 bits per heavy atom. The fraction of sp³-hybridized carbons (Fsp3) is 0.765. The van der Waals surface area contributed by atoms with Gasteiger partial charge in [0, 0.05) is 39.4 Å². The van der Waals surface area contributed by atoms with Crippen LogP contribution in [0, 0.1) is 12.3 Å². The standard InChI is InChI=1S/C17H28ClN3O3/c1-5-24-16(22)17(8-10-23-4)7-6-9-21(12-17)11-14-13(2)19-20(3)15(14)18/h5-12H2,1-4H3. The zero-order chi connectivity index (χ0) is 17.7. The molecule has 1 unspecified atom stereocenters. The van der Waals surface area contributed by atoms with Crippen molar-refractivity contribution >= 4 is 17.6 Å². The molecule has 0 radical (unpaired) electrons. The summed E-state index contributed by atoms with van der Waals surface area (Å²) in [5.41, 5.74) is 1.48. The summed E-state index contributed by atoms with van der Waals surface area (Å²) >= 11 is 6.36. The van der Waals surface area contributed by atoms with Gasteiger partial charge in [-0.2, -0.15) is 5.10 Å². The molecule has 1 aliphatic heterocycles. The number of likely N-dealkylation sites (tertiary alicyclic amines) is 1. The lowest BCUT2D eigenvalue weighted by Gasteiger charge is -2.41. The Balaban J connectivity index is 2.16. The van der Waals surface area contributed by atoms with Gasteiger partial charge in [-0.3, -0.25) is 14.4 Å². The van der Waals surface area contributed by atoms with Crippen molar-refractivity contribution in [3.8, 4) is 0 Å². The lowest BCUT2D eigenvalue weighted by molar-refractivity contribution is -0.160. The van der Waals surface area contributed by atoms with Gasteiger partial charge >= 0.3 is 5.97 Å². The van der Waals surface area contributed by atoms with Crippen LogP contribution >= 0.6 is 11.6 Å². The number of ether oxygens (including phenoxy) is 2. The van der Waals surface area contributed by atoms with E-state index in [0.29, 0.717) is 37.9 Å². The number of hydrogen-bond donors (Lipinski definition) is 0. The van der Waals surface area contributed by atoms with Gasteiger partial charge in [-0.15, -0.1) is 0 Å². The molecule has 136 valence electrons. The van der Waals surface area contributed by atoms with E-state index < -0.39 is 5.41 Å². The predicted molar refractivity (Wildman–Crippen MR) is 93.0 cm³/mol. The first-order valence-electron chi connectivity index (χ1n) is 8.50. The summed E-state index contributed by atoms with van der Waals surface area (Å²) in [6, 6.07) is 0. The molecule has 1 aliphatic rings. The quantitative estimate of drug-likeness (QED) is 0.702. The minimum Gasteiger partial charge on any atom is -0.466 e. The third kappa shape index (κ3) is 4.10. The van der Waals surface area contributed by atoms with E-state index in [-0.39, 0.29) is 5.97 Å². The summed E-state index contributed by atoms with van der Waals surface area (Å²) in [7, 11) is 3.51. The second-order valence-corrected chi connectivity index (χ2v) is 6.89. The maximum absolute atomic E-state index is 12.6. The van der Waals surface area contributed by atoms with Crippen molar-refractivity contribution in [3.63, 3.8) is 0 Å². The second kappa shape index (κ2) is 8.32. The summed E-state index contributed by atoms with van der Waals surface area (Å²) in [5, 5.41) is 5.04. The molecule has 0 aliphatic carbocycles. The van der Waals surface area contributed by atoms with Crippen LogP contribution in [0.1, 0.15) is 37.4 Å². The fourth-order valence-corrected chi connectivity index (χ4v) is 3.73. The molecule has 1 fully saturated rings. The molecule has 0 aromatic carbocycles. The number of esters is 1. The number of aromatic nitrogens is 2. The van der Waals surface area contributed by atoms with Crippen LogP contribution in [0.3, 0.4) is 0 Å². The first kappa shape index (κ1) is 19.2. The molecule has 7 heteroatoms. The molecule has 2 heterocycles. The molecule has 1 saturated heterocycles. The van der Waals surface area contributed by atoms with Gasteiger partial charge in [0.15, 0.2) is 0 Å². The topological polar surface area (TPSA) is 56.6 Å². The molecule has 0 spiro atoms. The normalized spacial score (nSPS) is 21.9. The molecule has 6 nitrogen and oxygen atoms in total. The van der Waals surface area contributed by atoms with Gasteiger partial charge in [0.2, 0.25) is 0 Å². The van der Waals surface area contributed by atoms with E-state index in [4.69, 9.17) is 21.1 Å². The molecule has 0 saturated carbocycles. The van der Waals surface area contributed by atoms with Crippen molar-refractivity contribution in [1.29, 1.82) is 0 Å². The monoisotopic (exact) mass is 357 g/mol. The molecule has 0 N–H and O–H groups in total. The molecule has 0 bridgehead atoms. The van der Waals surface area contributed by atoms with Crippen molar-refractivity contribution in [2.24, 2.45) is 12.5 Å². The van der Waals surface area contributed by atoms with Gasteiger partial charge in [0.25, 0.3) is 0 Å². The Morgan fingerprint density at radius 2 is 2.21 bits per heavy atom. The zero-order valence-electron chi connectivity index (χ0n) is 15.1. The van der Waals surface area contributed by atoms with Crippen molar-refractivity contribution < 1.29 is 14.3 Å². The maximum atomic E-state index is 12.6. The van der Waals surface area contributed by atoms with Gasteiger partial charge in [0.1, 0.15) is 5.15 Å². The van der Waals surface area contributed by atoms with E-state index >= 15 is 0 Å². The summed E-state index contributed by atoms with van der Waals surface area (Å²) in [6.07, 6.45) is 2.48. The molecule has 24 heavy (non-hydrogen) atoms. The third-order valence-corrected chi connectivity index (χ3v) is 5.27. The first-order chi connectivity index (χ1) is 11.4. The highest BCUT2D eigenvalue weighted by molar-refractivity contribution is 6.30. The average Bonchev–Trinajstić information content (AvgIpc) is 2.80. The zero-order valence-corrected chi connectivity index (χ0v) is 15.9. The average molecular weight is 358 g/mol. The molecule has 0 amide bonds. The lowest BCUT2D eigenvalue weighted by Crippen LogP contribution is -2.48. The molecule has 1 atom stereocenters. The van der Waals surface area contributed by atoms with Crippen LogP contribution in [0.25, 0.3) is 0 Å². The largest absolute Gasteiger partial charge is 0.466 e. The third-order valence-electron chi connectivity index (χ3n) is 4.80. The van der Waals surface area contributed by atoms with Gasteiger partial charge < -0.3 is 9.47 Å². The van der Waals surface area contributed by atoms with Crippen LogP contribution in [0.15, 0.2) is 0 Å². The summed E-state index contributed by atoms with van der Waals surface area (Å²) in [6.45, 7) is 7.09. The predicted octanol–water partition coefficient (Wildman–Crippen LogP) is 2.56. The van der Waals surface area contributed by atoms with Crippen LogP contribution in [0.5, 0.6) is 0 Å². The van der Waals surface area contributed by atoms with Crippen molar-refractivity contribution in [3.05, 3.63) is 16.4 Å². The maximum Gasteiger partial charge on any atom is 0.313 e. The molecular formula is C17H28ClN3O3. The fourth-order valence-electron chi connectivity index (χ4n) is 3.49. The van der Waals surface area contributed by atoms with E-state index in [1.807, 2.05) is 20.9 Å². The summed E-state index contributed by atoms with van der Waals surface area (Å²) < 4.78 is 12.3. The van der Waals surface area contributed by atoms with Crippen molar-refractivity contribution in [2.45, 2.75) is 39.7 Å². The number of hydrogen-bond acceptors (Lipinski definition) is 5. The highest BCUT2D eigenvalue weighted by atomic mass is 35.5. The Kier molecular flexibility index (Phi) is 6.66. The number of rotatable bonds is 7. The van der Waals surface area contributed by atoms with E-state index in [2.05, 4.69) is 10.00 Å². The number of piperidine rings is 1. The lowest BCUT2D eigenvalue weighted by atomic mass is 9.77. The minimum absolute atomic E-state index is 0.110. The first-order valence-corrected chi connectivity index (χ1v) is 8.88. The Labute approximate surface area is 149 Å². The number of carbonyl (C=O) groups excluding carboxylic acids is 1. The molecule has 1 aromatic heterocycles. The van der Waals surface area contributed by atoms with Crippen LogP contribution in [-0.4, -0.2) is 54.1 Å². The number of methoxy groups -OCH3 is 1. The minimum atomic E-state index is -0.493. The summed E-state index contributed by atoms with van der Waals surface area (Å²) in [4.78, 5) is 14.9.